The number of hydrogen-bond acceptors (Lipinski definition) is 5. The van der Waals surface area contributed by atoms with Gasteiger partial charge < -0.3 is 10.1 Å². The van der Waals surface area contributed by atoms with E-state index in [0.717, 1.165) is 42.4 Å². The normalized spacial score (nSPS) is 16.5. The summed E-state index contributed by atoms with van der Waals surface area (Å²) in [5.41, 5.74) is 4.74. The Labute approximate surface area is 179 Å². The van der Waals surface area contributed by atoms with E-state index in [1.807, 2.05) is 18.2 Å². The minimum Gasteiger partial charge on any atom is -0.477 e. The van der Waals surface area contributed by atoms with Crippen LogP contribution < -0.4 is 15.2 Å². The number of fused-ring (bicyclic) bond motifs is 2. The van der Waals surface area contributed by atoms with E-state index in [1.165, 1.54) is 11.8 Å². The lowest BCUT2D eigenvalue weighted by Crippen LogP contribution is -2.21. The second-order valence-electron chi connectivity index (χ2n) is 7.54. The van der Waals surface area contributed by atoms with Gasteiger partial charge in [-0.25, -0.2) is 18.8 Å². The van der Waals surface area contributed by atoms with E-state index < -0.39 is 15.9 Å². The summed E-state index contributed by atoms with van der Waals surface area (Å²) in [4.78, 5) is 17.1. The van der Waals surface area contributed by atoms with Crippen molar-refractivity contribution in [3.8, 4) is 17.0 Å². The molecule has 10 heteroatoms. The number of nitrogens with two attached hydrogens (primary N) is 1. The van der Waals surface area contributed by atoms with Crippen LogP contribution in [0, 0.1) is 0 Å². The number of carbonyl (C=O) groups is 1. The number of anilines is 1. The summed E-state index contributed by atoms with van der Waals surface area (Å²) >= 11 is 0. The lowest BCUT2D eigenvalue weighted by Gasteiger charge is -2.17. The smallest absolute Gasteiger partial charge is 0.354 e. The third kappa shape index (κ3) is 3.68. The summed E-state index contributed by atoms with van der Waals surface area (Å²) < 4.78 is 24.1. The zero-order valence-corrected chi connectivity index (χ0v) is 17.6. The van der Waals surface area contributed by atoms with E-state index >= 15 is 0 Å². The summed E-state index contributed by atoms with van der Waals surface area (Å²) in [5, 5.41) is 13.0. The van der Waals surface area contributed by atoms with Gasteiger partial charge in [-0.05, 0) is 48.1 Å². The first-order valence-electron chi connectivity index (χ1n) is 10.1. The van der Waals surface area contributed by atoms with Crippen LogP contribution in [0.4, 0.5) is 10.5 Å². The molecule has 1 aliphatic heterocycles. The zero-order valence-electron chi connectivity index (χ0n) is 16.8. The molecule has 3 aromatic rings. The Morgan fingerprint density at radius 3 is 2.87 bits per heavy atom. The number of urea groups is 1. The lowest BCUT2D eigenvalue weighted by molar-refractivity contribution is 0.224. The Morgan fingerprint density at radius 1 is 1.19 bits per heavy atom. The molecule has 0 saturated carbocycles. The van der Waals surface area contributed by atoms with E-state index in [9.17, 15) is 9.00 Å². The topological polar surface area (TPSA) is 124 Å². The van der Waals surface area contributed by atoms with Crippen LogP contribution in [0.5, 0.6) is 5.88 Å². The van der Waals surface area contributed by atoms with Crippen molar-refractivity contribution in [2.75, 3.05) is 11.9 Å². The Morgan fingerprint density at radius 2 is 2.03 bits per heavy atom. The summed E-state index contributed by atoms with van der Waals surface area (Å²) in [6, 6.07) is 7.07. The van der Waals surface area contributed by atoms with Crippen molar-refractivity contribution in [3.63, 3.8) is 0 Å². The van der Waals surface area contributed by atoms with Crippen molar-refractivity contribution in [2.45, 2.75) is 37.1 Å². The monoisotopic (exact) mass is 438 g/mol. The SMILES string of the molecule is N[S@](=O)(=NC(=O)Nc1c(-c2ccncc2)ccc2c1CCC2)c1cnn2c1OCCC2. The van der Waals surface area contributed by atoms with Crippen LogP contribution in [-0.2, 0) is 29.3 Å². The average Bonchev–Trinajstić information content (AvgIpc) is 3.42. The molecule has 1 aliphatic carbocycles. The minimum absolute atomic E-state index is 0.134. The molecule has 0 spiro atoms. The number of pyridine rings is 1. The van der Waals surface area contributed by atoms with Gasteiger partial charge in [-0.2, -0.15) is 5.10 Å². The second kappa shape index (κ2) is 7.78. The quantitative estimate of drug-likeness (QED) is 0.650. The maximum absolute atomic E-state index is 13.1. The van der Waals surface area contributed by atoms with Crippen molar-refractivity contribution >= 4 is 21.6 Å². The predicted octanol–water partition coefficient (Wildman–Crippen LogP) is 3.15. The first kappa shape index (κ1) is 19.7. The fourth-order valence-corrected chi connectivity index (χ4v) is 5.13. The number of hydrogen-bond donors (Lipinski definition) is 2. The molecule has 2 aliphatic rings. The molecule has 3 N–H and O–H groups in total. The average molecular weight is 439 g/mol. The summed E-state index contributed by atoms with van der Waals surface area (Å²) in [7, 11) is -3.52. The molecular weight excluding hydrogens is 416 g/mol. The van der Waals surface area contributed by atoms with E-state index in [1.54, 1.807) is 17.1 Å². The van der Waals surface area contributed by atoms with Gasteiger partial charge in [-0.3, -0.25) is 4.98 Å². The van der Waals surface area contributed by atoms with Crippen LogP contribution in [0.1, 0.15) is 24.0 Å². The van der Waals surface area contributed by atoms with E-state index in [4.69, 9.17) is 9.88 Å². The highest BCUT2D eigenvalue weighted by Gasteiger charge is 2.25. The lowest BCUT2D eigenvalue weighted by atomic mass is 9.98. The van der Waals surface area contributed by atoms with Crippen molar-refractivity contribution in [1.82, 2.24) is 14.8 Å². The maximum Gasteiger partial charge on any atom is 0.354 e. The zero-order chi connectivity index (χ0) is 21.4. The first-order chi connectivity index (χ1) is 15.0. The molecule has 2 amide bonds. The van der Waals surface area contributed by atoms with E-state index in [-0.39, 0.29) is 4.90 Å². The molecule has 0 unspecified atom stereocenters. The van der Waals surface area contributed by atoms with Gasteiger partial charge in [0, 0.05) is 30.9 Å². The Kier molecular flexibility index (Phi) is 4.95. The van der Waals surface area contributed by atoms with Crippen molar-refractivity contribution in [2.24, 2.45) is 9.50 Å². The molecule has 9 nitrogen and oxygen atoms in total. The van der Waals surface area contributed by atoms with Gasteiger partial charge in [0.2, 0.25) is 5.88 Å². The standard InChI is InChI=1S/C21H22N6O3S/c22-31(29,18-13-24-27-11-2-12-30-20(18)27)26-21(28)25-19-16-4-1-3-14(16)5-6-17(19)15-7-9-23-10-8-15/h5-10,13H,1-4,11-12H2,(H3,22,25,26,28,29)/t31-/m0/s1. The summed E-state index contributed by atoms with van der Waals surface area (Å²) in [6.07, 6.45) is 8.40. The molecule has 0 fully saturated rings. The second-order valence-corrected chi connectivity index (χ2v) is 9.30. The molecule has 1 atom stereocenters. The number of aromatic nitrogens is 3. The van der Waals surface area contributed by atoms with Gasteiger partial charge >= 0.3 is 6.03 Å². The van der Waals surface area contributed by atoms with Crippen LogP contribution in [-0.4, -0.2) is 31.6 Å². The molecule has 0 bridgehead atoms. The highest BCUT2D eigenvalue weighted by atomic mass is 32.2. The highest BCUT2D eigenvalue weighted by Crippen LogP contribution is 2.37. The predicted molar refractivity (Wildman–Crippen MR) is 116 cm³/mol. The number of ether oxygens (including phenoxy) is 1. The molecule has 0 saturated heterocycles. The van der Waals surface area contributed by atoms with E-state index in [2.05, 4.69) is 25.8 Å². The van der Waals surface area contributed by atoms with Crippen LogP contribution in [0.2, 0.25) is 0 Å². The third-order valence-corrected chi connectivity index (χ3v) is 6.90. The van der Waals surface area contributed by atoms with Crippen molar-refractivity contribution in [1.29, 1.82) is 0 Å². The van der Waals surface area contributed by atoms with Gasteiger partial charge in [-0.1, -0.05) is 12.1 Å². The number of carbonyl (C=O) groups excluding carboxylic acids is 1. The van der Waals surface area contributed by atoms with Gasteiger partial charge in [-0.15, -0.1) is 4.36 Å². The number of rotatable bonds is 3. The van der Waals surface area contributed by atoms with Crippen LogP contribution in [0.15, 0.2) is 52.1 Å². The number of benzene rings is 1. The minimum atomic E-state index is -3.52. The van der Waals surface area contributed by atoms with Gasteiger partial charge in [0.25, 0.3) is 0 Å². The Hall–Kier alpha value is -3.24. The van der Waals surface area contributed by atoms with Crippen molar-refractivity contribution < 1.29 is 13.7 Å². The van der Waals surface area contributed by atoms with Crippen LogP contribution in [0.3, 0.4) is 0 Å². The highest BCUT2D eigenvalue weighted by molar-refractivity contribution is 7.91. The summed E-state index contributed by atoms with van der Waals surface area (Å²) in [6.45, 7) is 1.12. The van der Waals surface area contributed by atoms with Gasteiger partial charge in [0.15, 0.2) is 9.92 Å². The molecule has 3 heterocycles. The third-order valence-electron chi connectivity index (χ3n) is 5.55. The van der Waals surface area contributed by atoms with E-state index in [0.29, 0.717) is 24.7 Å². The van der Waals surface area contributed by atoms with Gasteiger partial charge in [0.1, 0.15) is 4.90 Å². The Bertz CT molecular complexity index is 1280. The molecule has 5 rings (SSSR count). The van der Waals surface area contributed by atoms with Gasteiger partial charge in [0.05, 0.1) is 18.5 Å². The number of aryl methyl sites for hydroxylation is 2. The number of amides is 2. The van der Waals surface area contributed by atoms with Crippen molar-refractivity contribution in [3.05, 3.63) is 54.0 Å². The molecule has 0 radical (unpaired) electrons. The van der Waals surface area contributed by atoms with Crippen LogP contribution >= 0.6 is 0 Å². The number of nitrogens with zero attached hydrogens (tertiary/aromatic N) is 4. The fourth-order valence-electron chi connectivity index (χ4n) is 4.13. The summed E-state index contributed by atoms with van der Waals surface area (Å²) in [5.74, 6) is 0.313. The van der Waals surface area contributed by atoms with Crippen LogP contribution in [0.25, 0.3) is 11.1 Å². The molecule has 160 valence electrons. The fraction of sp³-hybridized carbons (Fsp3) is 0.286. The molecule has 31 heavy (non-hydrogen) atoms. The molecule has 2 aromatic heterocycles. The first-order valence-corrected chi connectivity index (χ1v) is 11.7. The number of nitrogens with one attached hydrogen (secondary N) is 1. The molecular formula is C21H22N6O3S. The Balaban J connectivity index is 1.52. The molecule has 1 aromatic carbocycles. The largest absolute Gasteiger partial charge is 0.477 e. The maximum atomic E-state index is 13.1.